The van der Waals surface area contributed by atoms with E-state index in [4.69, 9.17) is 0 Å². The number of anilines is 1. The first-order chi connectivity index (χ1) is 9.67. The molecule has 0 spiro atoms. The van der Waals surface area contributed by atoms with Crippen LogP contribution in [0.2, 0.25) is 0 Å². The summed E-state index contributed by atoms with van der Waals surface area (Å²) in [7, 11) is 0. The van der Waals surface area contributed by atoms with Crippen LogP contribution in [0.3, 0.4) is 0 Å². The molecule has 2 rings (SSSR count). The van der Waals surface area contributed by atoms with Crippen LogP contribution < -0.4 is 10.6 Å². The highest BCUT2D eigenvalue weighted by atomic mass is 16.2. The predicted octanol–water partition coefficient (Wildman–Crippen LogP) is 2.99. The van der Waals surface area contributed by atoms with Gasteiger partial charge in [0.05, 0.1) is 0 Å². The Bertz CT molecular complexity index is 422. The number of rotatable bonds is 4. The maximum absolute atomic E-state index is 11.9. The fraction of sp³-hybridized carbons (Fsp3) is 0.562. The van der Waals surface area contributed by atoms with E-state index in [2.05, 4.69) is 22.5 Å². The van der Waals surface area contributed by atoms with E-state index >= 15 is 0 Å². The first kappa shape index (κ1) is 14.9. The Morgan fingerprint density at radius 3 is 2.50 bits per heavy atom. The number of nitrogens with one attached hydrogen (secondary N) is 2. The largest absolute Gasteiger partial charge is 0.335 e. The number of aryl methyl sites for hydroxylation is 1. The van der Waals surface area contributed by atoms with Crippen molar-refractivity contribution < 1.29 is 4.79 Å². The molecule has 0 aromatic heterocycles. The molecule has 2 amide bonds. The summed E-state index contributed by atoms with van der Waals surface area (Å²) in [6.07, 6.45) is 3.29. The molecule has 0 atom stereocenters. The van der Waals surface area contributed by atoms with Gasteiger partial charge in [0.15, 0.2) is 0 Å². The molecule has 1 aliphatic rings. The number of benzene rings is 1. The lowest BCUT2D eigenvalue weighted by molar-refractivity contribution is 0.196. The van der Waals surface area contributed by atoms with Gasteiger partial charge in [-0.05, 0) is 44.9 Å². The van der Waals surface area contributed by atoms with Crippen molar-refractivity contribution in [2.45, 2.75) is 39.2 Å². The highest BCUT2D eigenvalue weighted by molar-refractivity contribution is 5.89. The molecule has 1 aromatic carbocycles. The average molecular weight is 275 g/mol. The lowest BCUT2D eigenvalue weighted by Gasteiger charge is -2.32. The van der Waals surface area contributed by atoms with Crippen LogP contribution >= 0.6 is 0 Å². The molecule has 1 heterocycles. The quantitative estimate of drug-likeness (QED) is 0.887. The van der Waals surface area contributed by atoms with Gasteiger partial charge < -0.3 is 15.5 Å². The minimum absolute atomic E-state index is 0.0946. The van der Waals surface area contributed by atoms with Crippen LogP contribution in [-0.4, -0.2) is 36.6 Å². The molecule has 4 heteroatoms. The van der Waals surface area contributed by atoms with Gasteiger partial charge >= 0.3 is 6.03 Å². The molecule has 0 saturated carbocycles. The number of carbonyl (C=O) groups is 1. The van der Waals surface area contributed by atoms with Crippen LogP contribution in [0, 0.1) is 6.92 Å². The maximum Gasteiger partial charge on any atom is 0.319 e. The number of hydrogen-bond acceptors (Lipinski definition) is 2. The Hall–Kier alpha value is -1.55. The number of amides is 2. The zero-order chi connectivity index (χ0) is 14.4. The second-order valence-corrected chi connectivity index (χ2v) is 5.58. The molecule has 0 bridgehead atoms. The van der Waals surface area contributed by atoms with Crippen molar-refractivity contribution in [2.24, 2.45) is 0 Å². The summed E-state index contributed by atoms with van der Waals surface area (Å²) in [5, 5.41) is 5.96. The van der Waals surface area contributed by atoms with Crippen molar-refractivity contribution in [1.29, 1.82) is 0 Å². The van der Waals surface area contributed by atoms with Crippen LogP contribution in [0.25, 0.3) is 0 Å². The van der Waals surface area contributed by atoms with Gasteiger partial charge in [-0.2, -0.15) is 0 Å². The molecule has 20 heavy (non-hydrogen) atoms. The molecule has 1 aliphatic heterocycles. The van der Waals surface area contributed by atoms with E-state index in [-0.39, 0.29) is 6.03 Å². The number of urea groups is 1. The van der Waals surface area contributed by atoms with Crippen molar-refractivity contribution >= 4 is 11.7 Å². The molecule has 4 nitrogen and oxygen atoms in total. The lowest BCUT2D eigenvalue weighted by Crippen LogP contribution is -2.46. The molecule has 2 N–H and O–H groups in total. The van der Waals surface area contributed by atoms with Crippen LogP contribution in [0.4, 0.5) is 10.5 Å². The number of likely N-dealkylation sites (tertiary alicyclic amines) is 1. The third kappa shape index (κ3) is 4.53. The van der Waals surface area contributed by atoms with Crippen molar-refractivity contribution in [1.82, 2.24) is 10.2 Å². The Kier molecular flexibility index (Phi) is 5.41. The van der Waals surface area contributed by atoms with Crippen LogP contribution in [0.15, 0.2) is 24.3 Å². The van der Waals surface area contributed by atoms with E-state index in [0.29, 0.717) is 6.04 Å². The number of hydrogen-bond donors (Lipinski definition) is 2. The van der Waals surface area contributed by atoms with E-state index in [1.807, 2.05) is 31.2 Å². The number of nitrogens with zero attached hydrogens (tertiary/aromatic N) is 1. The number of piperidine rings is 1. The zero-order valence-electron chi connectivity index (χ0n) is 12.5. The van der Waals surface area contributed by atoms with Crippen molar-refractivity contribution in [3.8, 4) is 0 Å². The molecule has 0 radical (unpaired) electrons. The monoisotopic (exact) mass is 275 g/mol. The normalized spacial score (nSPS) is 16.9. The van der Waals surface area contributed by atoms with E-state index in [0.717, 1.165) is 31.6 Å². The summed E-state index contributed by atoms with van der Waals surface area (Å²) in [5.41, 5.74) is 2.04. The minimum atomic E-state index is -0.0946. The second-order valence-electron chi connectivity index (χ2n) is 5.58. The van der Waals surface area contributed by atoms with Gasteiger partial charge in [0, 0.05) is 24.8 Å². The van der Waals surface area contributed by atoms with Gasteiger partial charge in [-0.3, -0.25) is 0 Å². The van der Waals surface area contributed by atoms with Crippen molar-refractivity contribution in [3.63, 3.8) is 0 Å². The molecule has 0 unspecified atom stereocenters. The molecule has 110 valence electrons. The van der Waals surface area contributed by atoms with E-state index in [1.165, 1.54) is 18.5 Å². The van der Waals surface area contributed by atoms with Gasteiger partial charge in [0.1, 0.15) is 0 Å². The summed E-state index contributed by atoms with van der Waals surface area (Å²) >= 11 is 0. The Morgan fingerprint density at radius 1 is 1.25 bits per heavy atom. The third-order valence-electron chi connectivity index (χ3n) is 3.77. The zero-order valence-corrected chi connectivity index (χ0v) is 12.5. The van der Waals surface area contributed by atoms with E-state index in [9.17, 15) is 4.79 Å². The Labute approximate surface area is 121 Å². The fourth-order valence-corrected chi connectivity index (χ4v) is 2.61. The van der Waals surface area contributed by atoms with Crippen LogP contribution in [-0.2, 0) is 0 Å². The predicted molar refractivity (Wildman–Crippen MR) is 83.1 cm³/mol. The first-order valence-electron chi connectivity index (χ1n) is 7.54. The van der Waals surface area contributed by atoms with Gasteiger partial charge in [0.2, 0.25) is 0 Å². The van der Waals surface area contributed by atoms with Crippen LogP contribution in [0.1, 0.15) is 31.7 Å². The summed E-state index contributed by atoms with van der Waals surface area (Å²) in [4.78, 5) is 14.4. The highest BCUT2D eigenvalue weighted by Gasteiger charge is 2.19. The summed E-state index contributed by atoms with van der Waals surface area (Å²) < 4.78 is 0. The molecule has 1 saturated heterocycles. The fourth-order valence-electron chi connectivity index (χ4n) is 2.61. The maximum atomic E-state index is 11.9. The molecular weight excluding hydrogens is 250 g/mol. The second kappa shape index (κ2) is 7.29. The average Bonchev–Trinajstić information content (AvgIpc) is 2.44. The van der Waals surface area contributed by atoms with E-state index in [1.54, 1.807) is 0 Å². The first-order valence-corrected chi connectivity index (χ1v) is 7.54. The van der Waals surface area contributed by atoms with Crippen LogP contribution in [0.5, 0.6) is 0 Å². The smallest absolute Gasteiger partial charge is 0.319 e. The summed E-state index contributed by atoms with van der Waals surface area (Å²) in [6.45, 7) is 7.59. The van der Waals surface area contributed by atoms with Gasteiger partial charge in [-0.25, -0.2) is 4.79 Å². The molecule has 0 aliphatic carbocycles. The van der Waals surface area contributed by atoms with Gasteiger partial charge in [0.25, 0.3) is 0 Å². The van der Waals surface area contributed by atoms with Gasteiger partial charge in [-0.15, -0.1) is 0 Å². The molecular formula is C16H25N3O. The summed E-state index contributed by atoms with van der Waals surface area (Å²) in [5.74, 6) is 0. The Balaban J connectivity index is 1.74. The summed E-state index contributed by atoms with van der Waals surface area (Å²) in [6, 6.07) is 8.06. The SMILES string of the molecule is CCCN1CCC(NC(=O)Nc2ccc(C)cc2)CC1. The van der Waals surface area contributed by atoms with Crippen molar-refractivity contribution in [2.75, 3.05) is 25.0 Å². The third-order valence-corrected chi connectivity index (χ3v) is 3.77. The van der Waals surface area contributed by atoms with E-state index < -0.39 is 0 Å². The molecule has 1 fully saturated rings. The van der Waals surface area contributed by atoms with Gasteiger partial charge in [-0.1, -0.05) is 24.6 Å². The standard InChI is InChI=1S/C16H25N3O/c1-3-10-19-11-8-15(9-12-19)18-16(20)17-14-6-4-13(2)5-7-14/h4-7,15H,3,8-12H2,1-2H3,(H2,17,18,20). The Morgan fingerprint density at radius 2 is 1.90 bits per heavy atom. The van der Waals surface area contributed by atoms with Crippen molar-refractivity contribution in [3.05, 3.63) is 29.8 Å². The highest BCUT2D eigenvalue weighted by Crippen LogP contribution is 2.12. The number of carbonyl (C=O) groups excluding carboxylic acids is 1. The molecule has 1 aromatic rings. The minimum Gasteiger partial charge on any atom is -0.335 e. The topological polar surface area (TPSA) is 44.4 Å². The lowest BCUT2D eigenvalue weighted by atomic mass is 10.1.